The van der Waals surface area contributed by atoms with E-state index in [4.69, 9.17) is 33.1 Å². The summed E-state index contributed by atoms with van der Waals surface area (Å²) in [6.07, 6.45) is 1.50. The van der Waals surface area contributed by atoms with Crippen LogP contribution < -0.4 is 21.9 Å². The summed E-state index contributed by atoms with van der Waals surface area (Å²) in [5.41, 5.74) is 6.91. The molecule has 1 unspecified atom stereocenters. The Bertz CT molecular complexity index is 1730. The molecule has 0 saturated heterocycles. The Morgan fingerprint density at radius 2 is 1.90 bits per heavy atom. The van der Waals surface area contributed by atoms with E-state index in [0.29, 0.717) is 29.1 Å². The van der Waals surface area contributed by atoms with E-state index >= 15 is 0 Å². The predicted octanol–water partition coefficient (Wildman–Crippen LogP) is 3.78. The Balaban J connectivity index is 1.25. The van der Waals surface area contributed by atoms with Crippen LogP contribution in [0.3, 0.4) is 0 Å². The summed E-state index contributed by atoms with van der Waals surface area (Å²) < 4.78 is 48.6. The largest absolute Gasteiger partial charge is 0.519 e. The maximum atomic E-state index is 13.7. The van der Waals surface area contributed by atoms with Crippen molar-refractivity contribution < 1.29 is 31.7 Å². The van der Waals surface area contributed by atoms with Gasteiger partial charge in [-0.15, -0.1) is 0 Å². The quantitative estimate of drug-likeness (QED) is 0.152. The van der Waals surface area contributed by atoms with Gasteiger partial charge in [-0.2, -0.15) is 4.98 Å². The fourth-order valence-corrected chi connectivity index (χ4v) is 4.87. The van der Waals surface area contributed by atoms with Crippen molar-refractivity contribution in [3.05, 3.63) is 93.0 Å². The van der Waals surface area contributed by atoms with Gasteiger partial charge in [0.25, 0.3) is 5.56 Å². The molecule has 5 aromatic rings. The maximum Gasteiger partial charge on any atom is 0.519 e. The van der Waals surface area contributed by atoms with Gasteiger partial charge in [0.1, 0.15) is 24.5 Å². The van der Waals surface area contributed by atoms with E-state index < -0.39 is 25.6 Å². The molecular weight excluding hydrogens is 560 g/mol. The van der Waals surface area contributed by atoms with E-state index in [0.717, 1.165) is 0 Å². The molecule has 3 N–H and O–H groups in total. The van der Waals surface area contributed by atoms with Crippen LogP contribution in [0.2, 0.25) is 0 Å². The first-order valence-corrected chi connectivity index (χ1v) is 13.6. The highest BCUT2D eigenvalue weighted by molar-refractivity contribution is 7.46. The van der Waals surface area contributed by atoms with E-state index in [9.17, 15) is 14.0 Å². The SMILES string of the molecule is COc1ccc(-c2oc(=O)oc2COP(COCCn2cnc3c(=O)[nH]c(N)nc32)OCc2cccc(F)c2)cc1. The molecule has 3 heterocycles. The maximum absolute atomic E-state index is 13.7. The third-order valence-corrected chi connectivity index (χ3v) is 7.00. The molecule has 0 radical (unpaired) electrons. The zero-order valence-corrected chi connectivity index (χ0v) is 22.6. The molecule has 13 nitrogen and oxygen atoms in total. The van der Waals surface area contributed by atoms with Crippen LogP contribution in [0.1, 0.15) is 11.3 Å². The Kier molecular flexibility index (Phi) is 8.85. The summed E-state index contributed by atoms with van der Waals surface area (Å²) in [7, 11) is -0.148. The van der Waals surface area contributed by atoms with Crippen LogP contribution in [-0.4, -0.2) is 39.6 Å². The van der Waals surface area contributed by atoms with Crippen molar-refractivity contribution in [2.75, 3.05) is 25.8 Å². The van der Waals surface area contributed by atoms with E-state index in [1.165, 1.54) is 18.5 Å². The number of anilines is 1. The number of nitrogens with zero attached hydrogens (tertiary/aromatic N) is 3. The number of halogens is 1. The lowest BCUT2D eigenvalue weighted by Crippen LogP contribution is -2.13. The van der Waals surface area contributed by atoms with Crippen molar-refractivity contribution in [3.63, 3.8) is 0 Å². The minimum Gasteiger partial charge on any atom is -0.497 e. The van der Waals surface area contributed by atoms with E-state index in [2.05, 4.69) is 15.0 Å². The molecule has 0 aliphatic rings. The van der Waals surface area contributed by atoms with E-state index in [-0.39, 0.29) is 49.2 Å². The Hall–Kier alpha value is -4.36. The van der Waals surface area contributed by atoms with Crippen molar-refractivity contribution in [1.82, 2.24) is 19.5 Å². The first kappa shape index (κ1) is 28.2. The number of hydrogen-bond acceptors (Lipinski definition) is 11. The van der Waals surface area contributed by atoms with E-state index in [1.54, 1.807) is 48.1 Å². The summed E-state index contributed by atoms with van der Waals surface area (Å²) in [5, 5.41) is 0. The highest BCUT2D eigenvalue weighted by atomic mass is 31.2. The molecule has 5 rings (SSSR count). The van der Waals surface area contributed by atoms with Crippen molar-refractivity contribution in [2.24, 2.45) is 0 Å². The summed E-state index contributed by atoms with van der Waals surface area (Å²) in [4.78, 5) is 34.5. The van der Waals surface area contributed by atoms with Crippen molar-refractivity contribution in [2.45, 2.75) is 19.8 Å². The van der Waals surface area contributed by atoms with Crippen LogP contribution in [0.5, 0.6) is 5.75 Å². The number of imidazole rings is 1. The summed E-state index contributed by atoms with van der Waals surface area (Å²) in [6.45, 7) is 0.427. The number of nitrogens with one attached hydrogen (secondary N) is 1. The lowest BCUT2D eigenvalue weighted by Gasteiger charge is -2.17. The smallest absolute Gasteiger partial charge is 0.497 e. The molecule has 1 atom stereocenters. The number of nitrogen functional groups attached to an aromatic ring is 1. The average molecular weight is 585 g/mol. The number of nitrogens with two attached hydrogens (primary N) is 1. The van der Waals surface area contributed by atoms with Crippen molar-refractivity contribution in [3.8, 4) is 17.1 Å². The number of aromatic nitrogens is 4. The number of rotatable bonds is 13. The molecule has 0 fully saturated rings. The molecule has 0 aliphatic heterocycles. The molecule has 41 heavy (non-hydrogen) atoms. The van der Waals surface area contributed by atoms with Crippen LogP contribution >= 0.6 is 8.38 Å². The average Bonchev–Trinajstić information content (AvgIpc) is 3.55. The summed E-state index contributed by atoms with van der Waals surface area (Å²) in [6, 6.07) is 12.9. The van der Waals surface area contributed by atoms with Crippen LogP contribution in [0.4, 0.5) is 10.3 Å². The summed E-state index contributed by atoms with van der Waals surface area (Å²) in [5.74, 6) is -0.270. The van der Waals surface area contributed by atoms with Gasteiger partial charge in [0.15, 0.2) is 31.1 Å². The fourth-order valence-electron chi connectivity index (χ4n) is 3.82. The van der Waals surface area contributed by atoms with Crippen LogP contribution in [0, 0.1) is 5.82 Å². The number of benzene rings is 2. The zero-order valence-electron chi connectivity index (χ0n) is 21.7. The Morgan fingerprint density at radius 3 is 2.68 bits per heavy atom. The molecule has 15 heteroatoms. The highest BCUT2D eigenvalue weighted by Crippen LogP contribution is 2.41. The van der Waals surface area contributed by atoms with Crippen LogP contribution in [0.15, 0.2) is 73.3 Å². The third kappa shape index (κ3) is 7.05. The number of methoxy groups -OCH3 is 1. The first-order valence-electron chi connectivity index (χ1n) is 12.2. The molecule has 0 spiro atoms. The van der Waals surface area contributed by atoms with Crippen LogP contribution in [-0.2, 0) is 33.5 Å². The van der Waals surface area contributed by atoms with Gasteiger partial charge in [-0.25, -0.2) is 14.2 Å². The Morgan fingerprint density at radius 1 is 1.10 bits per heavy atom. The van der Waals surface area contributed by atoms with Gasteiger partial charge in [-0.3, -0.25) is 9.78 Å². The second-order valence-electron chi connectivity index (χ2n) is 8.54. The van der Waals surface area contributed by atoms with Gasteiger partial charge < -0.3 is 37.7 Å². The highest BCUT2D eigenvalue weighted by Gasteiger charge is 2.20. The number of fused-ring (bicyclic) bond motifs is 1. The fraction of sp³-hybridized carbons (Fsp3) is 0.231. The van der Waals surface area contributed by atoms with Crippen LogP contribution in [0.25, 0.3) is 22.5 Å². The minimum absolute atomic E-state index is 0.0206. The molecule has 0 bridgehead atoms. The van der Waals surface area contributed by atoms with Crippen molar-refractivity contribution >= 4 is 25.5 Å². The predicted molar refractivity (Wildman–Crippen MR) is 146 cm³/mol. The number of aromatic amines is 1. The lowest BCUT2D eigenvalue weighted by atomic mass is 10.1. The molecule has 0 aliphatic carbocycles. The summed E-state index contributed by atoms with van der Waals surface area (Å²) >= 11 is 0. The lowest BCUT2D eigenvalue weighted by molar-refractivity contribution is 0.136. The number of hydrogen-bond donors (Lipinski definition) is 2. The van der Waals surface area contributed by atoms with Gasteiger partial charge in [0.2, 0.25) is 5.95 Å². The zero-order chi connectivity index (χ0) is 28.8. The van der Waals surface area contributed by atoms with Gasteiger partial charge in [0, 0.05) is 12.1 Å². The molecule has 0 saturated carbocycles. The molecule has 3 aromatic heterocycles. The first-order chi connectivity index (χ1) is 19.9. The number of ether oxygens (including phenoxy) is 2. The Labute approximate surface area is 232 Å². The molecule has 0 amide bonds. The van der Waals surface area contributed by atoms with Gasteiger partial charge in [-0.1, -0.05) is 12.1 Å². The third-order valence-electron chi connectivity index (χ3n) is 5.77. The number of H-pyrrole nitrogens is 1. The minimum atomic E-state index is -1.70. The second-order valence-corrected chi connectivity index (χ2v) is 9.98. The topological polar surface area (TPSA) is 170 Å². The molecule has 2 aromatic carbocycles. The normalized spacial score (nSPS) is 12.1. The van der Waals surface area contributed by atoms with Gasteiger partial charge in [0.05, 0.1) is 26.7 Å². The van der Waals surface area contributed by atoms with Gasteiger partial charge in [-0.05, 0) is 42.0 Å². The molecular formula is C26H25FN5O8P. The van der Waals surface area contributed by atoms with Gasteiger partial charge >= 0.3 is 5.82 Å². The monoisotopic (exact) mass is 585 g/mol. The van der Waals surface area contributed by atoms with E-state index in [1.807, 2.05) is 0 Å². The molecule has 214 valence electrons. The second kappa shape index (κ2) is 12.9. The van der Waals surface area contributed by atoms with Crippen molar-refractivity contribution in [1.29, 1.82) is 0 Å². The standard InChI is InChI=1S/C26H25FN5O8P/c1-35-19-7-5-17(6-8-19)22-20(39-26(34)40-22)13-38-41(37-12-16-3-2-4-18(27)11-16)15-36-10-9-32-14-29-21-23(32)30-25(28)31-24(21)33/h2-8,11,14H,9-10,12-13,15H2,1H3,(H3,28,30,31,33).